The molecule has 1 N–H and O–H groups in total. The van der Waals surface area contributed by atoms with Crippen molar-refractivity contribution in [1.82, 2.24) is 14.8 Å². The van der Waals surface area contributed by atoms with Crippen molar-refractivity contribution in [2.75, 3.05) is 5.75 Å². The highest BCUT2D eigenvalue weighted by molar-refractivity contribution is 7.99. The van der Waals surface area contributed by atoms with Gasteiger partial charge in [-0.3, -0.25) is 14.9 Å². The number of nitro benzene ring substituents is 1. The normalized spacial score (nSPS) is 10.6. The summed E-state index contributed by atoms with van der Waals surface area (Å²) in [7, 11) is 1.63. The van der Waals surface area contributed by atoms with Gasteiger partial charge in [-0.15, -0.1) is 10.2 Å². The lowest BCUT2D eigenvalue weighted by Gasteiger charge is -2.05. The van der Waals surface area contributed by atoms with Crippen molar-refractivity contribution in [1.29, 1.82) is 0 Å². The minimum absolute atomic E-state index is 0.0345. The Morgan fingerprint density at radius 3 is 2.86 bits per heavy atom. The van der Waals surface area contributed by atoms with Crippen LogP contribution in [-0.4, -0.2) is 36.5 Å². The Kier molecular flexibility index (Phi) is 4.43. The summed E-state index contributed by atoms with van der Waals surface area (Å²) >= 11 is 7.02. The average molecular weight is 329 g/mol. The minimum atomic E-state index is -0.974. The first-order valence-electron chi connectivity index (χ1n) is 5.59. The number of carbonyl (C=O) groups is 1. The van der Waals surface area contributed by atoms with Crippen molar-refractivity contribution >= 4 is 35.0 Å². The van der Waals surface area contributed by atoms with Gasteiger partial charge >= 0.3 is 5.97 Å². The smallest absolute Gasteiger partial charge is 0.313 e. The molecule has 0 spiro atoms. The molecule has 21 heavy (non-hydrogen) atoms. The van der Waals surface area contributed by atoms with E-state index in [1.165, 1.54) is 12.1 Å². The number of nitrogens with zero attached hydrogens (tertiary/aromatic N) is 4. The third kappa shape index (κ3) is 3.14. The molecule has 0 atom stereocenters. The van der Waals surface area contributed by atoms with E-state index in [1.807, 2.05) is 0 Å². The summed E-state index contributed by atoms with van der Waals surface area (Å²) in [5.41, 5.74) is 0.139. The molecule has 0 radical (unpaired) electrons. The van der Waals surface area contributed by atoms with Gasteiger partial charge < -0.3 is 9.67 Å². The molecule has 1 aromatic carbocycles. The van der Waals surface area contributed by atoms with Crippen LogP contribution in [0.3, 0.4) is 0 Å². The molecular weight excluding hydrogens is 320 g/mol. The molecule has 0 amide bonds. The second-order valence-electron chi connectivity index (χ2n) is 3.94. The molecule has 0 aliphatic rings. The number of thioether (sulfide) groups is 1. The molecule has 8 nitrogen and oxygen atoms in total. The summed E-state index contributed by atoms with van der Waals surface area (Å²) in [6.07, 6.45) is 0. The average Bonchev–Trinajstić information content (AvgIpc) is 2.77. The van der Waals surface area contributed by atoms with Crippen LogP contribution in [0.25, 0.3) is 11.4 Å². The van der Waals surface area contributed by atoms with Crippen molar-refractivity contribution in [2.24, 2.45) is 7.05 Å². The van der Waals surface area contributed by atoms with Gasteiger partial charge in [0.1, 0.15) is 5.02 Å². The fourth-order valence-corrected chi connectivity index (χ4v) is 2.55. The van der Waals surface area contributed by atoms with Crippen LogP contribution in [0, 0.1) is 10.1 Å². The Morgan fingerprint density at radius 1 is 1.52 bits per heavy atom. The number of benzene rings is 1. The molecule has 0 saturated carbocycles. The highest BCUT2D eigenvalue weighted by atomic mass is 35.5. The molecular formula is C11H9ClN4O4S. The second-order valence-corrected chi connectivity index (χ2v) is 5.26. The maximum Gasteiger partial charge on any atom is 0.313 e. The Hall–Kier alpha value is -2.13. The molecule has 2 aromatic rings. The lowest BCUT2D eigenvalue weighted by molar-refractivity contribution is -0.384. The highest BCUT2D eigenvalue weighted by Crippen LogP contribution is 2.34. The summed E-state index contributed by atoms with van der Waals surface area (Å²) in [5, 5.41) is 27.7. The van der Waals surface area contributed by atoms with E-state index in [0.29, 0.717) is 16.5 Å². The van der Waals surface area contributed by atoms with E-state index in [0.717, 1.165) is 11.8 Å². The number of rotatable bonds is 5. The van der Waals surface area contributed by atoms with Crippen LogP contribution in [0.1, 0.15) is 0 Å². The molecule has 0 bridgehead atoms. The molecule has 1 aromatic heterocycles. The van der Waals surface area contributed by atoms with Gasteiger partial charge in [-0.2, -0.15) is 0 Å². The van der Waals surface area contributed by atoms with Crippen molar-refractivity contribution in [3.05, 3.63) is 33.3 Å². The summed E-state index contributed by atoms with van der Waals surface area (Å²) in [6, 6.07) is 4.38. The standard InChI is InChI=1S/C11H9ClN4O4S/c1-15-10(13-14-11(15)21-5-8(17)18)6-3-2-4-7(9(6)12)16(19)20/h2-4H,5H2,1H3,(H,17,18). The van der Waals surface area contributed by atoms with Crippen LogP contribution in [0.4, 0.5) is 5.69 Å². The number of nitro groups is 1. The van der Waals surface area contributed by atoms with E-state index in [2.05, 4.69) is 10.2 Å². The Labute approximate surface area is 127 Å². The van der Waals surface area contributed by atoms with Gasteiger partial charge in [0.05, 0.1) is 10.7 Å². The number of aliphatic carboxylic acids is 1. The predicted octanol–water partition coefficient (Wildman–Crippen LogP) is 2.22. The fourth-order valence-electron chi connectivity index (χ4n) is 1.63. The zero-order valence-corrected chi connectivity index (χ0v) is 12.3. The number of hydrogen-bond donors (Lipinski definition) is 1. The van der Waals surface area contributed by atoms with Crippen molar-refractivity contribution in [3.63, 3.8) is 0 Å². The minimum Gasteiger partial charge on any atom is -0.481 e. The topological polar surface area (TPSA) is 111 Å². The molecule has 2 rings (SSSR count). The first kappa shape index (κ1) is 15.3. The SMILES string of the molecule is Cn1c(SCC(=O)O)nnc1-c1cccc([N+](=O)[O-])c1Cl. The van der Waals surface area contributed by atoms with E-state index in [9.17, 15) is 14.9 Å². The Morgan fingerprint density at radius 2 is 2.24 bits per heavy atom. The van der Waals surface area contributed by atoms with E-state index in [-0.39, 0.29) is 16.5 Å². The van der Waals surface area contributed by atoms with Gasteiger partial charge in [-0.05, 0) is 6.07 Å². The first-order chi connectivity index (χ1) is 9.91. The predicted molar refractivity (Wildman–Crippen MR) is 76.5 cm³/mol. The lowest BCUT2D eigenvalue weighted by atomic mass is 10.2. The van der Waals surface area contributed by atoms with Gasteiger partial charge in [0, 0.05) is 18.7 Å². The third-order valence-corrected chi connectivity index (χ3v) is 3.98. The summed E-state index contributed by atoms with van der Waals surface area (Å²) in [4.78, 5) is 20.9. The lowest BCUT2D eigenvalue weighted by Crippen LogP contribution is -2.01. The monoisotopic (exact) mass is 328 g/mol. The summed E-state index contributed by atoms with van der Waals surface area (Å²) in [6.45, 7) is 0. The summed E-state index contributed by atoms with van der Waals surface area (Å²) < 4.78 is 1.54. The van der Waals surface area contributed by atoms with Crippen LogP contribution < -0.4 is 0 Å². The van der Waals surface area contributed by atoms with Gasteiger partial charge in [0.25, 0.3) is 5.69 Å². The van der Waals surface area contributed by atoms with Gasteiger partial charge in [-0.1, -0.05) is 29.4 Å². The molecule has 0 unspecified atom stereocenters. The van der Waals surface area contributed by atoms with Crippen LogP contribution in [0.2, 0.25) is 5.02 Å². The quantitative estimate of drug-likeness (QED) is 0.508. The van der Waals surface area contributed by atoms with Crippen LogP contribution >= 0.6 is 23.4 Å². The third-order valence-electron chi connectivity index (χ3n) is 2.58. The number of carboxylic acid groups (broad SMARTS) is 1. The second kappa shape index (κ2) is 6.10. The first-order valence-corrected chi connectivity index (χ1v) is 6.95. The van der Waals surface area contributed by atoms with Crippen molar-refractivity contribution < 1.29 is 14.8 Å². The van der Waals surface area contributed by atoms with Crippen LogP contribution in [0.15, 0.2) is 23.4 Å². The zero-order chi connectivity index (χ0) is 15.6. The number of halogens is 1. The van der Waals surface area contributed by atoms with E-state index in [1.54, 1.807) is 17.7 Å². The van der Waals surface area contributed by atoms with E-state index >= 15 is 0 Å². The highest BCUT2D eigenvalue weighted by Gasteiger charge is 2.20. The molecule has 110 valence electrons. The molecule has 0 fully saturated rings. The van der Waals surface area contributed by atoms with E-state index < -0.39 is 10.9 Å². The van der Waals surface area contributed by atoms with Crippen LogP contribution in [0.5, 0.6) is 0 Å². The number of carboxylic acids is 1. The van der Waals surface area contributed by atoms with E-state index in [4.69, 9.17) is 16.7 Å². The van der Waals surface area contributed by atoms with Crippen molar-refractivity contribution in [2.45, 2.75) is 5.16 Å². The van der Waals surface area contributed by atoms with Crippen LogP contribution in [-0.2, 0) is 11.8 Å². The maximum absolute atomic E-state index is 10.9. The molecule has 1 heterocycles. The number of aromatic nitrogens is 3. The summed E-state index contributed by atoms with van der Waals surface area (Å²) in [5.74, 6) is -0.802. The van der Waals surface area contributed by atoms with Gasteiger partial charge in [-0.25, -0.2) is 0 Å². The molecule has 0 aliphatic carbocycles. The fraction of sp³-hybridized carbons (Fsp3) is 0.182. The molecule has 0 saturated heterocycles. The Bertz CT molecular complexity index is 718. The number of hydrogen-bond acceptors (Lipinski definition) is 6. The largest absolute Gasteiger partial charge is 0.481 e. The molecule has 0 aliphatic heterocycles. The van der Waals surface area contributed by atoms with Crippen molar-refractivity contribution in [3.8, 4) is 11.4 Å². The molecule has 10 heteroatoms. The zero-order valence-electron chi connectivity index (χ0n) is 10.7. The van der Waals surface area contributed by atoms with Gasteiger partial charge in [0.2, 0.25) is 0 Å². The maximum atomic E-state index is 10.9. The van der Waals surface area contributed by atoms with Gasteiger partial charge in [0.15, 0.2) is 11.0 Å². The Balaban J connectivity index is 2.42.